The highest BCUT2D eigenvalue weighted by atomic mass is 19.1. The molecule has 0 unspecified atom stereocenters. The molecule has 0 atom stereocenters. The van der Waals surface area contributed by atoms with E-state index in [0.29, 0.717) is 37.8 Å². The zero-order chi connectivity index (χ0) is 26.0. The molecule has 0 bridgehead atoms. The predicted octanol–water partition coefficient (Wildman–Crippen LogP) is 2.41. The number of aliphatic carboxylic acids is 1. The van der Waals surface area contributed by atoms with Gasteiger partial charge in [0.05, 0.1) is 11.1 Å². The van der Waals surface area contributed by atoms with Gasteiger partial charge in [-0.3, -0.25) is 14.4 Å². The summed E-state index contributed by atoms with van der Waals surface area (Å²) in [5, 5.41) is 19.5. The van der Waals surface area contributed by atoms with Crippen molar-refractivity contribution in [2.45, 2.75) is 13.5 Å². The van der Waals surface area contributed by atoms with Gasteiger partial charge in [0.15, 0.2) is 5.43 Å². The van der Waals surface area contributed by atoms with E-state index in [-0.39, 0.29) is 23.4 Å². The summed E-state index contributed by atoms with van der Waals surface area (Å²) in [7, 11) is 0. The molecule has 0 saturated carbocycles. The summed E-state index contributed by atoms with van der Waals surface area (Å²) >= 11 is 0. The van der Waals surface area contributed by atoms with Crippen LogP contribution in [-0.4, -0.2) is 63.5 Å². The number of aliphatic hydroxyl groups excluding tert-OH is 1. The Bertz CT molecular complexity index is 1440. The molecule has 1 aliphatic heterocycles. The van der Waals surface area contributed by atoms with E-state index in [1.54, 1.807) is 33.7 Å². The van der Waals surface area contributed by atoms with Gasteiger partial charge in [-0.2, -0.15) is 0 Å². The number of benzene rings is 2. The maximum atomic E-state index is 13.4. The number of aromatic nitrogens is 1. The number of hydrogen-bond acceptors (Lipinski definition) is 6. The van der Waals surface area contributed by atoms with E-state index in [4.69, 9.17) is 5.11 Å². The first-order valence-electron chi connectivity index (χ1n) is 11.2. The van der Waals surface area contributed by atoms with Crippen LogP contribution in [-0.2, 0) is 20.9 Å². The second-order valence-corrected chi connectivity index (χ2v) is 8.52. The van der Waals surface area contributed by atoms with Gasteiger partial charge in [-0.25, -0.2) is 9.18 Å². The van der Waals surface area contributed by atoms with Crippen molar-refractivity contribution in [3.8, 4) is 0 Å². The summed E-state index contributed by atoms with van der Waals surface area (Å²) in [5.41, 5.74) is 1.29. The number of rotatable bonds is 6. The number of nitrogens with zero attached hydrogens (tertiary/aromatic N) is 3. The quantitative estimate of drug-likeness (QED) is 0.307. The smallest absolute Gasteiger partial charge is 0.376 e. The van der Waals surface area contributed by atoms with E-state index in [0.717, 1.165) is 11.3 Å². The molecule has 4 rings (SSSR count). The van der Waals surface area contributed by atoms with Gasteiger partial charge in [0.1, 0.15) is 11.6 Å². The molecule has 1 fully saturated rings. The van der Waals surface area contributed by atoms with Crippen molar-refractivity contribution in [3.05, 3.63) is 81.9 Å². The van der Waals surface area contributed by atoms with Gasteiger partial charge >= 0.3 is 5.97 Å². The first-order chi connectivity index (χ1) is 17.1. The highest BCUT2D eigenvalue weighted by molar-refractivity contribution is 6.38. The Labute approximate surface area is 205 Å². The number of carbonyl (C=O) groups excluding carboxylic acids is 2. The third-order valence-electron chi connectivity index (χ3n) is 6.18. The molecular weight excluding hydrogens is 469 g/mol. The Morgan fingerprint density at radius 3 is 2.28 bits per heavy atom. The SMILES string of the molecule is CC(=O)N1CCN(c2ccc3c(=O)c(/C(O)=C/C(=O)C(=O)O)cn(Cc4ccc(F)cc4)c3c2)CC1. The standard InChI is InChI=1S/C26H24FN3O6/c1-16(31)28-8-10-29(11-9-28)19-6-7-20-22(12-19)30(14-17-2-4-18(27)5-3-17)15-21(25(20)34)23(32)13-24(33)26(35)36/h2-7,12-13,15,32H,8-11,14H2,1H3,(H,35,36)/b23-13-. The fourth-order valence-electron chi connectivity index (χ4n) is 4.22. The Balaban J connectivity index is 1.81. The number of hydrogen-bond donors (Lipinski definition) is 2. The first kappa shape index (κ1) is 24.6. The van der Waals surface area contributed by atoms with Crippen molar-refractivity contribution in [1.82, 2.24) is 9.47 Å². The molecule has 0 aliphatic carbocycles. The second-order valence-electron chi connectivity index (χ2n) is 8.52. The van der Waals surface area contributed by atoms with Crippen molar-refractivity contribution in [1.29, 1.82) is 0 Å². The molecule has 2 heterocycles. The van der Waals surface area contributed by atoms with Crippen LogP contribution in [0.3, 0.4) is 0 Å². The van der Waals surface area contributed by atoms with Crippen LogP contribution in [0.4, 0.5) is 10.1 Å². The molecule has 2 aromatic carbocycles. The first-order valence-corrected chi connectivity index (χ1v) is 11.2. The van der Waals surface area contributed by atoms with E-state index in [2.05, 4.69) is 4.90 Å². The molecule has 0 spiro atoms. The van der Waals surface area contributed by atoms with Crippen LogP contribution in [0.15, 0.2) is 59.5 Å². The summed E-state index contributed by atoms with van der Waals surface area (Å²) in [5.74, 6) is -4.26. The van der Waals surface area contributed by atoms with Crippen LogP contribution < -0.4 is 10.3 Å². The minimum atomic E-state index is -1.76. The Hall–Kier alpha value is -4.47. The molecule has 3 aromatic rings. The predicted molar refractivity (Wildman–Crippen MR) is 131 cm³/mol. The summed E-state index contributed by atoms with van der Waals surface area (Å²) in [6, 6.07) is 11.0. The van der Waals surface area contributed by atoms with Crippen LogP contribution in [0.1, 0.15) is 18.1 Å². The van der Waals surface area contributed by atoms with E-state index in [9.17, 15) is 28.7 Å². The number of piperazine rings is 1. The van der Waals surface area contributed by atoms with Crippen LogP contribution in [0.5, 0.6) is 0 Å². The molecule has 10 heteroatoms. The van der Waals surface area contributed by atoms with Crippen LogP contribution in [0.2, 0.25) is 0 Å². The molecule has 9 nitrogen and oxygen atoms in total. The van der Waals surface area contributed by atoms with Crippen LogP contribution >= 0.6 is 0 Å². The van der Waals surface area contributed by atoms with Gasteiger partial charge in [0.25, 0.3) is 5.78 Å². The molecule has 1 amide bonds. The van der Waals surface area contributed by atoms with Crippen molar-refractivity contribution in [3.63, 3.8) is 0 Å². The number of pyridine rings is 1. The molecular formula is C26H24FN3O6. The summed E-state index contributed by atoms with van der Waals surface area (Å²) in [6.07, 6.45) is 1.85. The van der Waals surface area contributed by atoms with Crippen molar-refractivity contribution in [2.75, 3.05) is 31.1 Å². The number of halogens is 1. The lowest BCUT2D eigenvalue weighted by Gasteiger charge is -2.35. The van der Waals surface area contributed by atoms with E-state index in [1.807, 2.05) is 6.07 Å². The van der Waals surface area contributed by atoms with Crippen molar-refractivity contribution >= 4 is 40.0 Å². The fraction of sp³-hybridized carbons (Fsp3) is 0.231. The lowest BCUT2D eigenvalue weighted by atomic mass is 10.1. The Morgan fingerprint density at radius 2 is 1.67 bits per heavy atom. The molecule has 1 aromatic heterocycles. The Kier molecular flexibility index (Phi) is 6.86. The number of carboxylic acids is 1. The second kappa shape index (κ2) is 10.0. The number of ketones is 1. The van der Waals surface area contributed by atoms with Gasteiger partial charge in [0.2, 0.25) is 5.91 Å². The van der Waals surface area contributed by atoms with Crippen LogP contribution in [0, 0.1) is 5.82 Å². The normalized spacial score (nSPS) is 14.2. The highest BCUT2D eigenvalue weighted by Gasteiger charge is 2.21. The van der Waals surface area contributed by atoms with E-state index >= 15 is 0 Å². The third kappa shape index (κ3) is 5.12. The number of fused-ring (bicyclic) bond motifs is 1. The lowest BCUT2D eigenvalue weighted by Crippen LogP contribution is -2.48. The zero-order valence-electron chi connectivity index (χ0n) is 19.5. The number of anilines is 1. The van der Waals surface area contributed by atoms with E-state index in [1.165, 1.54) is 25.3 Å². The van der Waals surface area contributed by atoms with Gasteiger partial charge in [0, 0.05) is 63.0 Å². The van der Waals surface area contributed by atoms with Gasteiger partial charge in [-0.15, -0.1) is 0 Å². The largest absolute Gasteiger partial charge is 0.507 e. The molecule has 36 heavy (non-hydrogen) atoms. The summed E-state index contributed by atoms with van der Waals surface area (Å²) in [6.45, 7) is 4.13. The molecule has 0 radical (unpaired) electrons. The average molecular weight is 493 g/mol. The minimum Gasteiger partial charge on any atom is -0.507 e. The van der Waals surface area contributed by atoms with Gasteiger partial charge < -0.3 is 24.6 Å². The average Bonchev–Trinajstić information content (AvgIpc) is 2.86. The minimum absolute atomic E-state index is 0.0167. The summed E-state index contributed by atoms with van der Waals surface area (Å²) in [4.78, 5) is 51.2. The maximum Gasteiger partial charge on any atom is 0.376 e. The number of carbonyl (C=O) groups is 3. The van der Waals surface area contributed by atoms with Crippen molar-refractivity contribution < 1.29 is 29.0 Å². The molecule has 186 valence electrons. The zero-order valence-corrected chi connectivity index (χ0v) is 19.5. The Morgan fingerprint density at radius 1 is 1.00 bits per heavy atom. The van der Waals surface area contributed by atoms with Gasteiger partial charge in [-0.05, 0) is 35.9 Å². The lowest BCUT2D eigenvalue weighted by molar-refractivity contribution is -0.146. The molecule has 2 N–H and O–H groups in total. The van der Waals surface area contributed by atoms with E-state index < -0.39 is 28.8 Å². The number of aliphatic hydroxyl groups is 1. The topological polar surface area (TPSA) is 120 Å². The van der Waals surface area contributed by atoms with Crippen LogP contribution in [0.25, 0.3) is 16.7 Å². The maximum absolute atomic E-state index is 13.4. The monoisotopic (exact) mass is 493 g/mol. The van der Waals surface area contributed by atoms with Gasteiger partial charge in [-0.1, -0.05) is 12.1 Å². The third-order valence-corrected chi connectivity index (χ3v) is 6.18. The number of carboxylic acid groups (broad SMARTS) is 1. The molecule has 1 aliphatic rings. The molecule has 1 saturated heterocycles. The fourth-order valence-corrected chi connectivity index (χ4v) is 4.22. The highest BCUT2D eigenvalue weighted by Crippen LogP contribution is 2.24. The number of amides is 1. The van der Waals surface area contributed by atoms with Crippen molar-refractivity contribution in [2.24, 2.45) is 0 Å². The summed E-state index contributed by atoms with van der Waals surface area (Å²) < 4.78 is 15.1.